The highest BCUT2D eigenvalue weighted by molar-refractivity contribution is 5.97. The predicted molar refractivity (Wildman–Crippen MR) is 78.5 cm³/mol. The Hall–Kier alpha value is -2.69. The summed E-state index contributed by atoms with van der Waals surface area (Å²) in [6.07, 6.45) is 0. The highest BCUT2D eigenvalue weighted by Crippen LogP contribution is 2.36. The summed E-state index contributed by atoms with van der Waals surface area (Å²) in [6.45, 7) is 0. The second kappa shape index (κ2) is 6.17. The quantitative estimate of drug-likeness (QED) is 0.916. The Balaban J connectivity index is 2.63. The van der Waals surface area contributed by atoms with E-state index in [1.165, 1.54) is 20.3 Å². The summed E-state index contributed by atoms with van der Waals surface area (Å²) in [4.78, 5) is 11.5. The van der Waals surface area contributed by atoms with E-state index in [9.17, 15) is 9.90 Å². The number of hydrogen-bond acceptors (Lipinski definition) is 4. The highest BCUT2D eigenvalue weighted by Gasteiger charge is 2.16. The van der Waals surface area contributed by atoms with Gasteiger partial charge in [0.25, 0.3) is 0 Å². The van der Waals surface area contributed by atoms with Gasteiger partial charge in [-0.2, -0.15) is 0 Å². The van der Waals surface area contributed by atoms with Gasteiger partial charge in [-0.05, 0) is 30.3 Å². The molecule has 0 aliphatic heterocycles. The molecule has 0 atom stereocenters. The lowest BCUT2D eigenvalue weighted by Crippen LogP contribution is -2.01. The first kappa shape index (κ1) is 14.7. The molecule has 0 aromatic heterocycles. The average Bonchev–Trinajstić information content (AvgIpc) is 2.53. The molecule has 2 aromatic carbocycles. The van der Waals surface area contributed by atoms with Crippen molar-refractivity contribution in [3.8, 4) is 28.4 Å². The molecule has 0 radical (unpaired) electrons. The number of rotatable bonds is 5. The van der Waals surface area contributed by atoms with Crippen LogP contribution in [0.25, 0.3) is 11.1 Å². The van der Waals surface area contributed by atoms with Crippen LogP contribution in [0, 0.1) is 0 Å². The minimum absolute atomic E-state index is 0.151. The zero-order chi connectivity index (χ0) is 15.4. The summed E-state index contributed by atoms with van der Waals surface area (Å²) in [5.74, 6) is 0.647. The van der Waals surface area contributed by atoms with Gasteiger partial charge in [-0.3, -0.25) is 0 Å². The first-order valence-corrected chi connectivity index (χ1v) is 6.24. The van der Waals surface area contributed by atoms with Crippen molar-refractivity contribution in [1.29, 1.82) is 0 Å². The lowest BCUT2D eigenvalue weighted by molar-refractivity contribution is 0.0697. The number of benzene rings is 2. The number of methoxy groups -OCH3 is 3. The molecule has 0 saturated carbocycles. The summed E-state index contributed by atoms with van der Waals surface area (Å²) >= 11 is 0. The van der Waals surface area contributed by atoms with Crippen molar-refractivity contribution in [3.05, 3.63) is 42.0 Å². The van der Waals surface area contributed by atoms with Gasteiger partial charge in [0.1, 0.15) is 17.2 Å². The summed E-state index contributed by atoms with van der Waals surface area (Å²) in [5.41, 5.74) is 1.39. The van der Waals surface area contributed by atoms with Gasteiger partial charge < -0.3 is 19.3 Å². The largest absolute Gasteiger partial charge is 0.497 e. The molecule has 0 spiro atoms. The molecule has 0 aliphatic carbocycles. The van der Waals surface area contributed by atoms with Crippen LogP contribution in [0.2, 0.25) is 0 Å². The van der Waals surface area contributed by atoms with Crippen molar-refractivity contribution in [2.75, 3.05) is 21.3 Å². The maximum atomic E-state index is 11.5. The Morgan fingerprint density at radius 1 is 0.857 bits per heavy atom. The Morgan fingerprint density at radius 3 is 1.95 bits per heavy atom. The Bertz CT molecular complexity index is 664. The number of ether oxygens (including phenoxy) is 3. The van der Waals surface area contributed by atoms with Crippen LogP contribution in [0.3, 0.4) is 0 Å². The second-order valence-electron chi connectivity index (χ2n) is 4.28. The number of hydrogen-bond donors (Lipinski definition) is 1. The van der Waals surface area contributed by atoms with Crippen LogP contribution >= 0.6 is 0 Å². The third-order valence-corrected chi connectivity index (χ3v) is 3.16. The van der Waals surface area contributed by atoms with E-state index < -0.39 is 5.97 Å². The maximum Gasteiger partial charge on any atom is 0.336 e. The standard InChI is InChI=1S/C16H16O5/c1-19-10-4-6-12(14(8-10)16(17)18)13-7-5-11(20-2)9-15(13)21-3/h4-9H,1-3H3,(H,17,18). The summed E-state index contributed by atoms with van der Waals surface area (Å²) in [6, 6.07) is 10.1. The topological polar surface area (TPSA) is 65.0 Å². The minimum Gasteiger partial charge on any atom is -0.497 e. The maximum absolute atomic E-state index is 11.5. The first-order chi connectivity index (χ1) is 10.1. The number of carboxylic acids is 1. The Kier molecular flexibility index (Phi) is 4.33. The van der Waals surface area contributed by atoms with Crippen molar-refractivity contribution in [1.82, 2.24) is 0 Å². The van der Waals surface area contributed by atoms with Gasteiger partial charge in [-0.15, -0.1) is 0 Å². The lowest BCUT2D eigenvalue weighted by Gasteiger charge is -2.13. The predicted octanol–water partition coefficient (Wildman–Crippen LogP) is 3.08. The van der Waals surface area contributed by atoms with Crippen LogP contribution < -0.4 is 14.2 Å². The van der Waals surface area contributed by atoms with Crippen LogP contribution in [0.5, 0.6) is 17.2 Å². The number of carboxylic acid groups (broad SMARTS) is 1. The van der Waals surface area contributed by atoms with E-state index >= 15 is 0 Å². The third kappa shape index (κ3) is 2.91. The van der Waals surface area contributed by atoms with Gasteiger partial charge in [0, 0.05) is 17.2 Å². The molecule has 2 rings (SSSR count). The van der Waals surface area contributed by atoms with E-state index in [2.05, 4.69) is 0 Å². The lowest BCUT2D eigenvalue weighted by atomic mass is 9.98. The summed E-state index contributed by atoms with van der Waals surface area (Å²) < 4.78 is 15.5. The van der Waals surface area contributed by atoms with Crippen molar-refractivity contribution in [2.45, 2.75) is 0 Å². The molecule has 0 fully saturated rings. The molecule has 110 valence electrons. The number of aromatic carboxylic acids is 1. The van der Waals surface area contributed by atoms with Gasteiger partial charge in [0.05, 0.1) is 26.9 Å². The summed E-state index contributed by atoms with van der Waals surface area (Å²) in [7, 11) is 4.58. The van der Waals surface area contributed by atoms with Gasteiger partial charge in [-0.1, -0.05) is 0 Å². The van der Waals surface area contributed by atoms with Crippen LogP contribution in [0.1, 0.15) is 10.4 Å². The Labute approximate surface area is 122 Å². The SMILES string of the molecule is COc1ccc(-c2ccc(OC)cc2C(=O)O)c(OC)c1. The van der Waals surface area contributed by atoms with Crippen LogP contribution in [-0.2, 0) is 0 Å². The zero-order valence-electron chi connectivity index (χ0n) is 12.0. The van der Waals surface area contributed by atoms with Crippen LogP contribution in [0.15, 0.2) is 36.4 Å². The van der Waals surface area contributed by atoms with Crippen LogP contribution in [-0.4, -0.2) is 32.4 Å². The second-order valence-corrected chi connectivity index (χ2v) is 4.28. The van der Waals surface area contributed by atoms with Crippen LogP contribution in [0.4, 0.5) is 0 Å². The van der Waals surface area contributed by atoms with E-state index in [1.807, 2.05) is 0 Å². The van der Waals surface area contributed by atoms with Gasteiger partial charge in [0.15, 0.2) is 0 Å². The van der Waals surface area contributed by atoms with E-state index in [0.29, 0.717) is 28.4 Å². The minimum atomic E-state index is -1.03. The fourth-order valence-electron chi connectivity index (χ4n) is 2.08. The fourth-order valence-corrected chi connectivity index (χ4v) is 2.08. The molecule has 5 nitrogen and oxygen atoms in total. The fraction of sp³-hybridized carbons (Fsp3) is 0.188. The molecule has 5 heteroatoms. The monoisotopic (exact) mass is 288 g/mol. The van der Waals surface area contributed by atoms with Crippen molar-refractivity contribution in [3.63, 3.8) is 0 Å². The van der Waals surface area contributed by atoms with Gasteiger partial charge in [-0.25, -0.2) is 4.79 Å². The third-order valence-electron chi connectivity index (χ3n) is 3.16. The Morgan fingerprint density at radius 2 is 1.43 bits per heavy atom. The zero-order valence-corrected chi connectivity index (χ0v) is 12.0. The normalized spacial score (nSPS) is 10.0. The number of carbonyl (C=O) groups is 1. The molecule has 1 N–H and O–H groups in total. The molecular formula is C16H16O5. The van der Waals surface area contributed by atoms with Gasteiger partial charge in [0.2, 0.25) is 0 Å². The molecule has 0 bridgehead atoms. The molecule has 2 aromatic rings. The van der Waals surface area contributed by atoms with E-state index in [0.717, 1.165) is 0 Å². The molecule has 0 amide bonds. The van der Waals surface area contributed by atoms with E-state index in [-0.39, 0.29) is 5.56 Å². The average molecular weight is 288 g/mol. The highest BCUT2D eigenvalue weighted by atomic mass is 16.5. The van der Waals surface area contributed by atoms with Crippen molar-refractivity contribution >= 4 is 5.97 Å². The molecule has 21 heavy (non-hydrogen) atoms. The summed E-state index contributed by atoms with van der Waals surface area (Å²) in [5, 5.41) is 9.39. The van der Waals surface area contributed by atoms with E-state index in [1.54, 1.807) is 37.4 Å². The molecular weight excluding hydrogens is 272 g/mol. The molecule has 0 heterocycles. The molecule has 0 saturated heterocycles. The first-order valence-electron chi connectivity index (χ1n) is 6.24. The smallest absolute Gasteiger partial charge is 0.336 e. The molecule has 0 unspecified atom stereocenters. The van der Waals surface area contributed by atoms with Crippen molar-refractivity contribution < 1.29 is 24.1 Å². The van der Waals surface area contributed by atoms with Crippen molar-refractivity contribution in [2.24, 2.45) is 0 Å². The van der Waals surface area contributed by atoms with E-state index in [4.69, 9.17) is 14.2 Å². The molecule has 0 aliphatic rings. The van der Waals surface area contributed by atoms with Gasteiger partial charge >= 0.3 is 5.97 Å².